The fourth-order valence-electron chi connectivity index (χ4n) is 5.99. The highest BCUT2D eigenvalue weighted by molar-refractivity contribution is 8.02. The van der Waals surface area contributed by atoms with Crippen LogP contribution in [0, 0.1) is 17.8 Å². The summed E-state index contributed by atoms with van der Waals surface area (Å²) in [6.07, 6.45) is 3.90. The smallest absolute Gasteiger partial charge is 0.244 e. The van der Waals surface area contributed by atoms with E-state index in [1.807, 2.05) is 30.3 Å². The molecule has 3 unspecified atom stereocenters. The lowest BCUT2D eigenvalue weighted by Gasteiger charge is -2.38. The van der Waals surface area contributed by atoms with Crippen molar-refractivity contribution in [2.24, 2.45) is 17.8 Å². The highest BCUT2D eigenvalue weighted by Gasteiger charge is 2.75. The molecule has 0 aromatic heterocycles. The Kier molecular flexibility index (Phi) is 7.34. The maximum absolute atomic E-state index is 13.8. The summed E-state index contributed by atoms with van der Waals surface area (Å²) in [6, 6.07) is 8.75. The molecule has 7 nitrogen and oxygen atoms in total. The van der Waals surface area contributed by atoms with Crippen LogP contribution in [0.4, 0.5) is 5.69 Å². The van der Waals surface area contributed by atoms with Crippen LogP contribution >= 0.6 is 11.8 Å². The van der Waals surface area contributed by atoms with Gasteiger partial charge < -0.3 is 20.6 Å². The van der Waals surface area contributed by atoms with Crippen LogP contribution < -0.4 is 10.6 Å². The number of aliphatic hydroxyl groups excluding tert-OH is 1. The molecule has 3 N–H and O–H groups in total. The summed E-state index contributed by atoms with van der Waals surface area (Å²) in [4.78, 5) is 42.4. The van der Waals surface area contributed by atoms with Crippen molar-refractivity contribution in [2.45, 2.75) is 62.0 Å². The van der Waals surface area contributed by atoms with E-state index in [1.165, 1.54) is 0 Å². The maximum atomic E-state index is 13.8. The molecule has 3 heterocycles. The van der Waals surface area contributed by atoms with E-state index >= 15 is 0 Å². The Morgan fingerprint density at radius 2 is 1.94 bits per heavy atom. The Morgan fingerprint density at radius 1 is 1.18 bits per heavy atom. The van der Waals surface area contributed by atoms with Crippen molar-refractivity contribution >= 4 is 35.2 Å². The molecule has 4 rings (SSSR count). The van der Waals surface area contributed by atoms with Gasteiger partial charge in [-0.1, -0.05) is 38.5 Å². The van der Waals surface area contributed by atoms with Gasteiger partial charge in [-0.2, -0.15) is 0 Å². The molecule has 3 aliphatic rings. The third-order valence-electron chi connectivity index (χ3n) is 7.47. The number of thioether (sulfide) groups is 1. The topological polar surface area (TPSA) is 98.7 Å². The molecule has 0 aliphatic carbocycles. The Hall–Kier alpha value is -2.06. The first-order chi connectivity index (χ1) is 16.0. The summed E-state index contributed by atoms with van der Waals surface area (Å²) in [5.41, 5.74) is 0.719. The quantitative estimate of drug-likeness (QED) is 0.454. The van der Waals surface area contributed by atoms with Gasteiger partial charge in [-0.3, -0.25) is 14.4 Å². The first-order valence-corrected chi connectivity index (χ1v) is 13.1. The Bertz CT molecular complexity index is 882. The van der Waals surface area contributed by atoms with Crippen molar-refractivity contribution < 1.29 is 19.5 Å². The normalized spacial score (nSPS) is 32.2. The molecular formula is C25H35N3O4S. The molecule has 3 fully saturated rings. The standard InChI is InChI=1S/C25H35N3O4S/c1-3-4-12-26-23(31)21-25-16(2)15-18(33-25)19(22(30)27-17-10-6-5-7-11-17)20(25)24(32)28(21)13-8-9-14-29/h5-7,10-11,16,18-21,29H,3-4,8-9,12-15H2,1-2H3,(H,26,31)(H,27,30)/t16?,18-,19+,20+,21?,25?/m1/s1. The lowest BCUT2D eigenvalue weighted by Crippen LogP contribution is -2.56. The highest BCUT2D eigenvalue weighted by Crippen LogP contribution is 2.68. The molecule has 33 heavy (non-hydrogen) atoms. The molecule has 8 heteroatoms. The van der Waals surface area contributed by atoms with Crippen LogP contribution in [0.2, 0.25) is 0 Å². The van der Waals surface area contributed by atoms with Crippen LogP contribution in [0.1, 0.15) is 46.0 Å². The maximum Gasteiger partial charge on any atom is 0.244 e. The van der Waals surface area contributed by atoms with Gasteiger partial charge in [-0.05, 0) is 43.7 Å². The van der Waals surface area contributed by atoms with Crippen molar-refractivity contribution in [3.8, 4) is 0 Å². The molecule has 180 valence electrons. The van der Waals surface area contributed by atoms with Gasteiger partial charge >= 0.3 is 0 Å². The van der Waals surface area contributed by atoms with Gasteiger partial charge in [0.15, 0.2) is 0 Å². The van der Waals surface area contributed by atoms with Crippen molar-refractivity contribution in [2.75, 3.05) is 25.0 Å². The molecule has 0 radical (unpaired) electrons. The monoisotopic (exact) mass is 473 g/mol. The average Bonchev–Trinajstić information content (AvgIpc) is 3.39. The van der Waals surface area contributed by atoms with Crippen molar-refractivity contribution in [3.63, 3.8) is 0 Å². The lowest BCUT2D eigenvalue weighted by atomic mass is 9.66. The van der Waals surface area contributed by atoms with Crippen LogP contribution in [-0.4, -0.2) is 63.5 Å². The van der Waals surface area contributed by atoms with Crippen molar-refractivity contribution in [1.82, 2.24) is 10.2 Å². The number of nitrogens with one attached hydrogen (secondary N) is 2. The number of fused-ring (bicyclic) bond motifs is 1. The number of anilines is 1. The molecule has 1 aromatic rings. The molecule has 0 saturated carbocycles. The van der Waals surface area contributed by atoms with Gasteiger partial charge in [0.1, 0.15) is 6.04 Å². The number of amides is 3. The van der Waals surface area contributed by atoms with E-state index in [0.29, 0.717) is 25.9 Å². The van der Waals surface area contributed by atoms with E-state index in [0.717, 1.165) is 24.9 Å². The van der Waals surface area contributed by atoms with Crippen LogP contribution in [0.3, 0.4) is 0 Å². The van der Waals surface area contributed by atoms with Gasteiger partial charge in [0.2, 0.25) is 17.7 Å². The molecule has 3 aliphatic heterocycles. The highest BCUT2D eigenvalue weighted by atomic mass is 32.2. The number of benzene rings is 1. The number of rotatable bonds is 10. The van der Waals surface area contributed by atoms with Crippen molar-refractivity contribution in [3.05, 3.63) is 30.3 Å². The summed E-state index contributed by atoms with van der Waals surface area (Å²) in [6.45, 7) is 5.27. The lowest BCUT2D eigenvalue weighted by molar-refractivity contribution is -0.139. The summed E-state index contributed by atoms with van der Waals surface area (Å²) in [5, 5.41) is 15.4. The van der Waals surface area contributed by atoms with E-state index in [9.17, 15) is 19.5 Å². The van der Waals surface area contributed by atoms with E-state index in [1.54, 1.807) is 16.7 Å². The second-order valence-corrected chi connectivity index (χ2v) is 11.1. The predicted octanol–water partition coefficient (Wildman–Crippen LogP) is 2.65. The van der Waals surface area contributed by atoms with Gasteiger partial charge in [0.05, 0.1) is 16.6 Å². The third-order valence-corrected chi connectivity index (χ3v) is 9.55. The minimum atomic E-state index is -0.587. The second kappa shape index (κ2) is 10.1. The van der Waals surface area contributed by atoms with E-state index in [-0.39, 0.29) is 35.5 Å². The van der Waals surface area contributed by atoms with E-state index < -0.39 is 22.6 Å². The minimum absolute atomic E-state index is 0.0307. The van der Waals surface area contributed by atoms with Gasteiger partial charge in [-0.15, -0.1) is 11.8 Å². The fourth-order valence-corrected chi connectivity index (χ4v) is 8.41. The number of carbonyl (C=O) groups is 3. The van der Waals surface area contributed by atoms with Crippen LogP contribution in [0.15, 0.2) is 30.3 Å². The summed E-state index contributed by atoms with van der Waals surface area (Å²) >= 11 is 1.69. The number of likely N-dealkylation sites (tertiary alicyclic amines) is 1. The van der Waals surface area contributed by atoms with E-state index in [2.05, 4.69) is 24.5 Å². The number of hydrogen-bond donors (Lipinski definition) is 3. The second-order valence-electron chi connectivity index (χ2n) is 9.51. The number of para-hydroxylation sites is 1. The van der Waals surface area contributed by atoms with Gasteiger partial charge in [-0.25, -0.2) is 0 Å². The Balaban J connectivity index is 1.64. The van der Waals surface area contributed by atoms with Crippen LogP contribution in [-0.2, 0) is 14.4 Å². The number of aliphatic hydroxyl groups is 1. The number of nitrogens with zero attached hydrogens (tertiary/aromatic N) is 1. The molecule has 3 saturated heterocycles. The summed E-state index contributed by atoms with van der Waals surface area (Å²) < 4.78 is -0.587. The van der Waals surface area contributed by atoms with Crippen molar-refractivity contribution in [1.29, 1.82) is 0 Å². The molecule has 1 aromatic carbocycles. The average molecular weight is 474 g/mol. The third kappa shape index (κ3) is 4.16. The fraction of sp³-hybridized carbons (Fsp3) is 0.640. The number of unbranched alkanes of at least 4 members (excludes halogenated alkanes) is 2. The summed E-state index contributed by atoms with van der Waals surface area (Å²) in [7, 11) is 0. The molecule has 2 bridgehead atoms. The Labute approximate surface area is 200 Å². The minimum Gasteiger partial charge on any atom is -0.396 e. The SMILES string of the molecule is CCCCNC(=O)C1N(CCCCO)C(=O)[C@@H]2[C@@H](C(=O)Nc3ccccc3)[C@H]3CC(C)C12S3. The Morgan fingerprint density at radius 3 is 2.64 bits per heavy atom. The largest absolute Gasteiger partial charge is 0.396 e. The van der Waals surface area contributed by atoms with Gasteiger partial charge in [0.25, 0.3) is 0 Å². The molecule has 3 amide bonds. The zero-order valence-electron chi connectivity index (χ0n) is 19.5. The first-order valence-electron chi connectivity index (χ1n) is 12.2. The number of hydrogen-bond acceptors (Lipinski definition) is 5. The zero-order valence-corrected chi connectivity index (χ0v) is 20.3. The first kappa shape index (κ1) is 24.1. The predicted molar refractivity (Wildman–Crippen MR) is 130 cm³/mol. The number of carbonyl (C=O) groups excluding carboxylic acids is 3. The summed E-state index contributed by atoms with van der Waals surface area (Å²) in [5.74, 6) is -1.12. The zero-order chi connectivity index (χ0) is 23.6. The van der Waals surface area contributed by atoms with Gasteiger partial charge in [0, 0.05) is 30.6 Å². The van der Waals surface area contributed by atoms with E-state index in [4.69, 9.17) is 0 Å². The molecular weight excluding hydrogens is 438 g/mol. The molecule has 6 atom stereocenters. The van der Waals surface area contributed by atoms with Crippen LogP contribution in [0.25, 0.3) is 0 Å². The molecule has 1 spiro atoms. The van der Waals surface area contributed by atoms with Crippen LogP contribution in [0.5, 0.6) is 0 Å².